The number of hydrogen-bond acceptors (Lipinski definition) is 6. The number of methoxy groups -OCH3 is 3. The Labute approximate surface area is 202 Å². The van der Waals surface area contributed by atoms with Gasteiger partial charge in [-0.2, -0.15) is 0 Å². The number of fused-ring (bicyclic) bond motifs is 1. The number of hydrazine groups is 1. The number of rotatable bonds is 7. The van der Waals surface area contributed by atoms with Crippen LogP contribution in [0.2, 0.25) is 0 Å². The highest BCUT2D eigenvalue weighted by molar-refractivity contribution is 6.08. The van der Waals surface area contributed by atoms with Crippen LogP contribution in [0.5, 0.6) is 11.5 Å². The van der Waals surface area contributed by atoms with Gasteiger partial charge in [-0.25, -0.2) is 4.98 Å². The fraction of sp³-hybridized carbons (Fsp3) is 0.148. The largest absolute Gasteiger partial charge is 0.493 e. The highest BCUT2D eigenvalue weighted by Gasteiger charge is 2.17. The quantitative estimate of drug-likeness (QED) is 0.393. The van der Waals surface area contributed by atoms with Gasteiger partial charge in [0, 0.05) is 23.6 Å². The molecule has 8 nitrogen and oxygen atoms in total. The van der Waals surface area contributed by atoms with E-state index in [0.29, 0.717) is 44.8 Å². The van der Waals surface area contributed by atoms with Crippen LogP contribution in [0.15, 0.2) is 72.8 Å². The molecular formula is C27H25N3O5. The van der Waals surface area contributed by atoms with Crippen LogP contribution in [0.1, 0.15) is 26.3 Å². The van der Waals surface area contributed by atoms with E-state index in [2.05, 4.69) is 10.9 Å². The number of pyridine rings is 1. The van der Waals surface area contributed by atoms with Gasteiger partial charge < -0.3 is 14.2 Å². The smallest absolute Gasteiger partial charge is 0.270 e. The van der Waals surface area contributed by atoms with Gasteiger partial charge in [-0.3, -0.25) is 20.4 Å². The van der Waals surface area contributed by atoms with E-state index in [0.717, 1.165) is 5.56 Å². The normalized spacial score (nSPS) is 10.6. The molecule has 3 aromatic carbocycles. The summed E-state index contributed by atoms with van der Waals surface area (Å²) in [6.07, 6.45) is 0. The van der Waals surface area contributed by atoms with Crippen molar-refractivity contribution in [3.05, 3.63) is 89.5 Å². The van der Waals surface area contributed by atoms with E-state index in [1.807, 2.05) is 36.4 Å². The highest BCUT2D eigenvalue weighted by atomic mass is 16.5. The molecule has 0 aliphatic heterocycles. The Morgan fingerprint density at radius 1 is 0.771 bits per heavy atom. The average molecular weight is 472 g/mol. The standard InChI is InChI=1S/C27H25N3O5/c1-33-16-18-8-4-5-9-19(18)26(31)29-30-27(32)21-15-23(28-22-11-7-6-10-20(21)22)17-12-13-24(34-2)25(14-17)35-3/h4-15H,16H2,1-3H3,(H,29,31)(H,30,32). The van der Waals surface area contributed by atoms with Gasteiger partial charge in [0.2, 0.25) is 0 Å². The van der Waals surface area contributed by atoms with Gasteiger partial charge in [-0.1, -0.05) is 36.4 Å². The van der Waals surface area contributed by atoms with Crippen LogP contribution in [0.25, 0.3) is 22.2 Å². The molecule has 0 atom stereocenters. The van der Waals surface area contributed by atoms with Crippen molar-refractivity contribution in [3.63, 3.8) is 0 Å². The maximum absolute atomic E-state index is 13.2. The molecule has 0 fully saturated rings. The van der Waals surface area contributed by atoms with Crippen molar-refractivity contribution in [2.24, 2.45) is 0 Å². The van der Waals surface area contributed by atoms with Crippen molar-refractivity contribution in [1.82, 2.24) is 15.8 Å². The van der Waals surface area contributed by atoms with Gasteiger partial charge in [-0.05, 0) is 42.0 Å². The van der Waals surface area contributed by atoms with Crippen LogP contribution < -0.4 is 20.3 Å². The van der Waals surface area contributed by atoms with Gasteiger partial charge in [0.25, 0.3) is 11.8 Å². The summed E-state index contributed by atoms with van der Waals surface area (Å²) >= 11 is 0. The van der Waals surface area contributed by atoms with E-state index >= 15 is 0 Å². The lowest BCUT2D eigenvalue weighted by Crippen LogP contribution is -2.42. The molecule has 0 saturated carbocycles. The number of para-hydroxylation sites is 1. The summed E-state index contributed by atoms with van der Waals surface area (Å²) in [5.74, 6) is 0.229. The van der Waals surface area contributed by atoms with Crippen LogP contribution in [0.4, 0.5) is 0 Å². The molecule has 35 heavy (non-hydrogen) atoms. The molecular weight excluding hydrogens is 446 g/mol. The molecule has 0 bridgehead atoms. The number of nitrogens with one attached hydrogen (secondary N) is 2. The highest BCUT2D eigenvalue weighted by Crippen LogP contribution is 2.33. The van der Waals surface area contributed by atoms with Gasteiger partial charge in [-0.15, -0.1) is 0 Å². The van der Waals surface area contributed by atoms with Crippen LogP contribution in [0, 0.1) is 0 Å². The zero-order chi connectivity index (χ0) is 24.8. The maximum Gasteiger partial charge on any atom is 0.270 e. The second-order valence-electron chi connectivity index (χ2n) is 7.64. The van der Waals surface area contributed by atoms with Crippen LogP contribution >= 0.6 is 0 Å². The second-order valence-corrected chi connectivity index (χ2v) is 7.64. The summed E-state index contributed by atoms with van der Waals surface area (Å²) < 4.78 is 15.9. The molecule has 0 unspecified atom stereocenters. The molecule has 0 radical (unpaired) electrons. The lowest BCUT2D eigenvalue weighted by atomic mass is 10.0. The van der Waals surface area contributed by atoms with Gasteiger partial charge in [0.15, 0.2) is 11.5 Å². The van der Waals surface area contributed by atoms with E-state index in [1.54, 1.807) is 57.7 Å². The molecule has 0 spiro atoms. The van der Waals surface area contributed by atoms with Crippen molar-refractivity contribution in [1.29, 1.82) is 0 Å². The van der Waals surface area contributed by atoms with E-state index in [9.17, 15) is 9.59 Å². The molecule has 4 rings (SSSR count). The molecule has 0 aliphatic rings. The van der Waals surface area contributed by atoms with E-state index < -0.39 is 11.8 Å². The number of aromatic nitrogens is 1. The topological polar surface area (TPSA) is 98.8 Å². The Bertz CT molecular complexity index is 1390. The van der Waals surface area contributed by atoms with Gasteiger partial charge in [0.05, 0.1) is 37.6 Å². The predicted molar refractivity (Wildman–Crippen MR) is 132 cm³/mol. The molecule has 1 aromatic heterocycles. The third kappa shape index (κ3) is 5.07. The fourth-order valence-electron chi connectivity index (χ4n) is 3.78. The van der Waals surface area contributed by atoms with Gasteiger partial charge in [0.1, 0.15) is 0 Å². The lowest BCUT2D eigenvalue weighted by Gasteiger charge is -2.13. The Kier molecular flexibility index (Phi) is 7.23. The zero-order valence-electron chi connectivity index (χ0n) is 19.6. The lowest BCUT2D eigenvalue weighted by molar-refractivity contribution is 0.0845. The average Bonchev–Trinajstić information content (AvgIpc) is 2.91. The summed E-state index contributed by atoms with van der Waals surface area (Å²) in [6.45, 7) is 0.279. The first-order valence-electron chi connectivity index (χ1n) is 10.9. The molecule has 0 saturated heterocycles. The molecule has 0 aliphatic carbocycles. The predicted octanol–water partition coefficient (Wildman–Crippen LogP) is 4.14. The molecule has 2 N–H and O–H groups in total. The van der Waals surface area contributed by atoms with Crippen LogP contribution in [-0.4, -0.2) is 38.1 Å². The minimum atomic E-state index is -0.470. The minimum absolute atomic E-state index is 0.279. The van der Waals surface area contributed by atoms with Crippen LogP contribution in [-0.2, 0) is 11.3 Å². The van der Waals surface area contributed by atoms with E-state index in [1.165, 1.54) is 0 Å². The third-order valence-electron chi connectivity index (χ3n) is 5.49. The Balaban J connectivity index is 1.65. The number of amides is 2. The number of carbonyl (C=O) groups excluding carboxylic acids is 2. The van der Waals surface area contributed by atoms with E-state index in [-0.39, 0.29) is 6.61 Å². The van der Waals surface area contributed by atoms with Crippen LogP contribution in [0.3, 0.4) is 0 Å². The number of ether oxygens (including phenoxy) is 3. The van der Waals surface area contributed by atoms with Crippen molar-refractivity contribution in [2.45, 2.75) is 6.61 Å². The fourth-order valence-corrected chi connectivity index (χ4v) is 3.78. The molecule has 2 amide bonds. The summed E-state index contributed by atoms with van der Waals surface area (Å²) in [4.78, 5) is 30.6. The number of nitrogens with zero attached hydrogens (tertiary/aromatic N) is 1. The molecule has 178 valence electrons. The van der Waals surface area contributed by atoms with Gasteiger partial charge >= 0.3 is 0 Å². The molecule has 4 aromatic rings. The van der Waals surface area contributed by atoms with Crippen molar-refractivity contribution in [3.8, 4) is 22.8 Å². The first-order chi connectivity index (χ1) is 17.0. The maximum atomic E-state index is 13.2. The number of hydrogen-bond donors (Lipinski definition) is 2. The minimum Gasteiger partial charge on any atom is -0.493 e. The number of benzene rings is 3. The Morgan fingerprint density at radius 2 is 1.46 bits per heavy atom. The van der Waals surface area contributed by atoms with E-state index in [4.69, 9.17) is 19.2 Å². The molecule has 1 heterocycles. The molecule has 8 heteroatoms. The summed E-state index contributed by atoms with van der Waals surface area (Å²) in [6, 6.07) is 21.5. The first kappa shape index (κ1) is 23.7. The number of carbonyl (C=O) groups is 2. The Morgan fingerprint density at radius 3 is 2.20 bits per heavy atom. The summed E-state index contributed by atoms with van der Waals surface area (Å²) in [5.41, 5.74) is 8.49. The first-order valence-corrected chi connectivity index (χ1v) is 10.9. The van der Waals surface area contributed by atoms with Crippen molar-refractivity contribution < 1.29 is 23.8 Å². The van der Waals surface area contributed by atoms with Crippen molar-refractivity contribution in [2.75, 3.05) is 21.3 Å². The van der Waals surface area contributed by atoms with Crippen molar-refractivity contribution >= 4 is 22.7 Å². The Hall–Kier alpha value is -4.43. The zero-order valence-corrected chi connectivity index (χ0v) is 19.6. The third-order valence-corrected chi connectivity index (χ3v) is 5.49. The summed E-state index contributed by atoms with van der Waals surface area (Å²) in [7, 11) is 4.68. The monoisotopic (exact) mass is 471 g/mol. The second kappa shape index (κ2) is 10.7. The summed E-state index contributed by atoms with van der Waals surface area (Å²) in [5, 5.41) is 0.656. The SMILES string of the molecule is COCc1ccccc1C(=O)NNC(=O)c1cc(-c2ccc(OC)c(OC)c2)nc2ccccc12.